The molecule has 0 amide bonds. The Bertz CT molecular complexity index is 425. The van der Waals surface area contributed by atoms with E-state index in [1.165, 1.54) is 0 Å². The van der Waals surface area contributed by atoms with Crippen LogP contribution in [-0.2, 0) is 0 Å². The molecule has 5 nitrogen and oxygen atoms in total. The van der Waals surface area contributed by atoms with Crippen LogP contribution in [0.5, 0.6) is 0 Å². The Morgan fingerprint density at radius 1 is 1.50 bits per heavy atom. The Morgan fingerprint density at radius 3 is 2.88 bits per heavy atom. The first kappa shape index (κ1) is 11.4. The van der Waals surface area contributed by atoms with Crippen molar-refractivity contribution in [2.75, 3.05) is 18.4 Å². The van der Waals surface area contributed by atoms with Crippen molar-refractivity contribution in [1.29, 1.82) is 0 Å². The molecule has 0 spiro atoms. The molecule has 3 N–H and O–H groups in total. The largest absolute Gasteiger partial charge is 0.377 e. The second kappa shape index (κ2) is 4.43. The van der Waals surface area contributed by atoms with Crippen LogP contribution in [-0.4, -0.2) is 28.8 Å². The SMILES string of the molecule is CC1(Nc2cn[nH]c(=O)c2Cl)CCNCC1. The van der Waals surface area contributed by atoms with E-state index in [0.717, 1.165) is 25.9 Å². The van der Waals surface area contributed by atoms with Gasteiger partial charge in [0.25, 0.3) is 5.56 Å². The summed E-state index contributed by atoms with van der Waals surface area (Å²) >= 11 is 5.91. The van der Waals surface area contributed by atoms with Gasteiger partial charge in [0.15, 0.2) is 0 Å². The van der Waals surface area contributed by atoms with E-state index in [2.05, 4.69) is 27.8 Å². The van der Waals surface area contributed by atoms with Crippen LogP contribution in [0.1, 0.15) is 19.8 Å². The molecule has 0 saturated carbocycles. The van der Waals surface area contributed by atoms with E-state index in [9.17, 15) is 4.79 Å². The molecule has 1 aromatic rings. The topological polar surface area (TPSA) is 69.8 Å². The van der Waals surface area contributed by atoms with Gasteiger partial charge >= 0.3 is 0 Å². The summed E-state index contributed by atoms with van der Waals surface area (Å²) in [7, 11) is 0. The van der Waals surface area contributed by atoms with E-state index >= 15 is 0 Å². The molecule has 0 radical (unpaired) electrons. The number of hydrogen-bond donors (Lipinski definition) is 3. The summed E-state index contributed by atoms with van der Waals surface area (Å²) in [6.45, 7) is 4.07. The van der Waals surface area contributed by atoms with Gasteiger partial charge in [-0.2, -0.15) is 5.10 Å². The number of nitrogens with one attached hydrogen (secondary N) is 3. The number of aromatic amines is 1. The van der Waals surface area contributed by atoms with Gasteiger partial charge in [-0.25, -0.2) is 5.10 Å². The number of halogens is 1. The minimum atomic E-state index is -0.357. The van der Waals surface area contributed by atoms with Gasteiger partial charge in [-0.3, -0.25) is 4.79 Å². The normalized spacial score (nSPS) is 19.4. The highest BCUT2D eigenvalue weighted by molar-refractivity contribution is 6.32. The van der Waals surface area contributed by atoms with E-state index in [1.807, 2.05) is 0 Å². The minimum Gasteiger partial charge on any atom is -0.377 e. The third-order valence-corrected chi connectivity index (χ3v) is 3.31. The summed E-state index contributed by atoms with van der Waals surface area (Å²) in [5.74, 6) is 0. The van der Waals surface area contributed by atoms with E-state index < -0.39 is 0 Å². The maximum atomic E-state index is 11.3. The number of hydrogen-bond acceptors (Lipinski definition) is 4. The molecule has 2 rings (SSSR count). The van der Waals surface area contributed by atoms with E-state index in [-0.39, 0.29) is 16.1 Å². The first-order valence-corrected chi connectivity index (χ1v) is 5.71. The van der Waals surface area contributed by atoms with E-state index in [0.29, 0.717) is 5.69 Å². The molecule has 1 aliphatic rings. The maximum absolute atomic E-state index is 11.3. The van der Waals surface area contributed by atoms with Crippen LogP contribution >= 0.6 is 11.6 Å². The smallest absolute Gasteiger partial charge is 0.285 e. The Labute approximate surface area is 98.6 Å². The molecule has 0 unspecified atom stereocenters. The third kappa shape index (κ3) is 2.36. The molecule has 1 fully saturated rings. The van der Waals surface area contributed by atoms with E-state index in [4.69, 9.17) is 11.6 Å². The molecule has 1 saturated heterocycles. The highest BCUT2D eigenvalue weighted by Gasteiger charge is 2.27. The second-order valence-corrected chi connectivity index (χ2v) is 4.74. The van der Waals surface area contributed by atoms with Gasteiger partial charge in [-0.05, 0) is 32.9 Å². The first-order valence-electron chi connectivity index (χ1n) is 5.33. The number of anilines is 1. The highest BCUT2D eigenvalue weighted by Crippen LogP contribution is 2.25. The molecule has 2 heterocycles. The molecule has 88 valence electrons. The van der Waals surface area contributed by atoms with Gasteiger partial charge in [0.05, 0.1) is 11.9 Å². The van der Waals surface area contributed by atoms with Crippen LogP contribution in [0.3, 0.4) is 0 Å². The van der Waals surface area contributed by atoms with Crippen LogP contribution in [0.4, 0.5) is 5.69 Å². The summed E-state index contributed by atoms with van der Waals surface area (Å²) in [6, 6.07) is 0. The fourth-order valence-electron chi connectivity index (χ4n) is 1.90. The van der Waals surface area contributed by atoms with Crippen LogP contribution in [0, 0.1) is 0 Å². The molecular weight excluding hydrogens is 228 g/mol. The van der Waals surface area contributed by atoms with Crippen molar-refractivity contribution in [2.24, 2.45) is 0 Å². The summed E-state index contributed by atoms with van der Waals surface area (Å²) in [5.41, 5.74) is 0.226. The first-order chi connectivity index (χ1) is 7.61. The fourth-order valence-corrected chi connectivity index (χ4v) is 2.04. The van der Waals surface area contributed by atoms with Crippen LogP contribution < -0.4 is 16.2 Å². The molecule has 0 bridgehead atoms. The summed E-state index contributed by atoms with van der Waals surface area (Å²) in [4.78, 5) is 11.3. The highest BCUT2D eigenvalue weighted by atomic mass is 35.5. The van der Waals surface area contributed by atoms with Gasteiger partial charge in [0, 0.05) is 5.54 Å². The van der Waals surface area contributed by atoms with Crippen LogP contribution in [0.15, 0.2) is 11.0 Å². The van der Waals surface area contributed by atoms with Gasteiger partial charge in [-0.1, -0.05) is 11.6 Å². The van der Waals surface area contributed by atoms with Crippen molar-refractivity contribution in [1.82, 2.24) is 15.5 Å². The average Bonchev–Trinajstić information content (AvgIpc) is 2.26. The Kier molecular flexibility index (Phi) is 3.16. The zero-order valence-corrected chi connectivity index (χ0v) is 9.90. The third-order valence-electron chi connectivity index (χ3n) is 2.94. The average molecular weight is 243 g/mol. The standard InChI is InChI=1S/C10H15ClN4O/c1-10(2-4-12-5-3-10)14-7-6-13-15-9(16)8(7)11/h6,12H,2-5H2,1H3,(H2,14,15,16). The second-order valence-electron chi connectivity index (χ2n) is 4.36. The van der Waals surface area contributed by atoms with Gasteiger partial charge < -0.3 is 10.6 Å². The fraction of sp³-hybridized carbons (Fsp3) is 0.600. The van der Waals surface area contributed by atoms with Crippen molar-refractivity contribution in [3.05, 3.63) is 21.6 Å². The summed E-state index contributed by atoms with van der Waals surface area (Å²) in [6.07, 6.45) is 3.54. The molecular formula is C10H15ClN4O. The molecule has 16 heavy (non-hydrogen) atoms. The number of piperidine rings is 1. The lowest BCUT2D eigenvalue weighted by Crippen LogP contribution is -2.45. The predicted molar refractivity (Wildman–Crippen MR) is 64.0 cm³/mol. The van der Waals surface area contributed by atoms with Crippen LogP contribution in [0.2, 0.25) is 5.02 Å². The molecule has 0 aliphatic carbocycles. The Balaban J connectivity index is 2.19. The Morgan fingerprint density at radius 2 is 2.19 bits per heavy atom. The van der Waals surface area contributed by atoms with Gasteiger partial charge in [-0.15, -0.1) is 0 Å². The lowest BCUT2D eigenvalue weighted by molar-refractivity contribution is 0.365. The van der Waals surface area contributed by atoms with Crippen molar-refractivity contribution >= 4 is 17.3 Å². The lowest BCUT2D eigenvalue weighted by atomic mass is 9.90. The molecule has 0 aromatic carbocycles. The lowest BCUT2D eigenvalue weighted by Gasteiger charge is -2.35. The number of nitrogens with zero attached hydrogens (tertiary/aromatic N) is 1. The Hall–Kier alpha value is -1.07. The number of aromatic nitrogens is 2. The monoisotopic (exact) mass is 242 g/mol. The van der Waals surface area contributed by atoms with Gasteiger partial charge in [0.1, 0.15) is 5.02 Å². The predicted octanol–water partition coefficient (Wildman–Crippen LogP) is 0.977. The zero-order chi connectivity index (χ0) is 11.6. The van der Waals surface area contributed by atoms with Crippen LogP contribution in [0.25, 0.3) is 0 Å². The zero-order valence-electron chi connectivity index (χ0n) is 9.14. The van der Waals surface area contributed by atoms with Crippen molar-refractivity contribution in [3.63, 3.8) is 0 Å². The maximum Gasteiger partial charge on any atom is 0.285 e. The van der Waals surface area contributed by atoms with Crippen molar-refractivity contribution in [2.45, 2.75) is 25.3 Å². The summed E-state index contributed by atoms with van der Waals surface area (Å²) < 4.78 is 0. The molecule has 6 heteroatoms. The van der Waals surface area contributed by atoms with Gasteiger partial charge in [0.2, 0.25) is 0 Å². The number of H-pyrrole nitrogens is 1. The molecule has 1 aromatic heterocycles. The van der Waals surface area contributed by atoms with Crippen molar-refractivity contribution in [3.8, 4) is 0 Å². The molecule has 0 atom stereocenters. The minimum absolute atomic E-state index is 0.0234. The van der Waals surface area contributed by atoms with E-state index in [1.54, 1.807) is 6.20 Å². The number of rotatable bonds is 2. The molecule has 1 aliphatic heterocycles. The summed E-state index contributed by atoms with van der Waals surface area (Å²) in [5, 5.41) is 12.8. The van der Waals surface area contributed by atoms with Crippen molar-refractivity contribution < 1.29 is 0 Å². The quantitative estimate of drug-likeness (QED) is 0.723.